The first-order chi connectivity index (χ1) is 26.5. The van der Waals surface area contributed by atoms with E-state index in [0.29, 0.717) is 17.9 Å². The highest BCUT2D eigenvalue weighted by Crippen LogP contribution is 2.42. The summed E-state index contributed by atoms with van der Waals surface area (Å²) in [7, 11) is 0. The molecule has 0 aliphatic carbocycles. The number of tetrazole rings is 1. The van der Waals surface area contributed by atoms with E-state index in [0.717, 1.165) is 73.6 Å². The second-order valence-corrected chi connectivity index (χ2v) is 13.4. The Hall–Kier alpha value is -6.98. The van der Waals surface area contributed by atoms with Gasteiger partial charge in [-0.05, 0) is 69.3 Å². The van der Waals surface area contributed by atoms with Crippen LogP contribution in [-0.4, -0.2) is 34.7 Å². The molecule has 0 unspecified atom stereocenters. The van der Waals surface area contributed by atoms with E-state index in [1.165, 1.54) is 0 Å². The van der Waals surface area contributed by atoms with Crippen molar-refractivity contribution in [1.29, 1.82) is 5.26 Å². The average Bonchev–Trinajstić information content (AvgIpc) is 3.84. The fourth-order valence-corrected chi connectivity index (χ4v) is 7.60. The number of rotatable bonds is 10. The highest BCUT2D eigenvalue weighted by atomic mass is 15.6. The van der Waals surface area contributed by atoms with E-state index in [2.05, 4.69) is 102 Å². The fraction of sp³-hybridized carbons (Fsp3) is 0.130. The molecule has 0 bridgehead atoms. The van der Waals surface area contributed by atoms with Crippen LogP contribution in [0.4, 0.5) is 0 Å². The summed E-state index contributed by atoms with van der Waals surface area (Å²) >= 11 is 0. The highest BCUT2D eigenvalue weighted by molar-refractivity contribution is 6.02. The summed E-state index contributed by atoms with van der Waals surface area (Å²) < 4.78 is 4.03. The topological polar surface area (TPSA) is 98.1 Å². The van der Waals surface area contributed by atoms with Crippen molar-refractivity contribution in [3.63, 3.8) is 0 Å². The Kier molecular flexibility index (Phi) is 9.21. The second-order valence-electron chi connectivity index (χ2n) is 13.4. The third-order valence-corrected chi connectivity index (χ3v) is 10.0. The number of imidazole rings is 1. The summed E-state index contributed by atoms with van der Waals surface area (Å²) in [6, 6.07) is 53.7. The molecule has 8 nitrogen and oxygen atoms in total. The minimum Gasteiger partial charge on any atom is -0.308 e. The molecule has 8 aromatic rings. The molecule has 3 heterocycles. The number of benzene rings is 5. The largest absolute Gasteiger partial charge is 0.308 e. The Morgan fingerprint density at radius 2 is 1.22 bits per heavy atom. The second kappa shape index (κ2) is 14.6. The molecule has 0 amide bonds. The van der Waals surface area contributed by atoms with Crippen LogP contribution in [-0.2, 0) is 18.5 Å². The number of nitrogens with zero attached hydrogens (tertiary/aromatic N) is 8. The van der Waals surface area contributed by atoms with Gasteiger partial charge in [-0.2, -0.15) is 5.26 Å². The lowest BCUT2D eigenvalue weighted by Crippen LogP contribution is -2.40. The molecule has 0 aliphatic heterocycles. The van der Waals surface area contributed by atoms with Crippen molar-refractivity contribution in [2.45, 2.75) is 39.3 Å². The maximum absolute atomic E-state index is 11.2. The third-order valence-electron chi connectivity index (χ3n) is 10.0. The first kappa shape index (κ1) is 34.1. The van der Waals surface area contributed by atoms with Crippen LogP contribution in [0, 0.1) is 25.2 Å². The molecule has 0 fully saturated rings. The molecule has 5 aromatic carbocycles. The van der Waals surface area contributed by atoms with Gasteiger partial charge in [-0.1, -0.05) is 153 Å². The zero-order valence-corrected chi connectivity index (χ0v) is 30.4. The van der Waals surface area contributed by atoms with Crippen molar-refractivity contribution in [1.82, 2.24) is 34.7 Å². The fourth-order valence-electron chi connectivity index (χ4n) is 7.60. The lowest BCUT2D eigenvalue weighted by molar-refractivity contribution is 0.443. The van der Waals surface area contributed by atoms with Crippen molar-refractivity contribution in [2.24, 2.45) is 0 Å². The number of allylic oxidation sites excluding steroid dienone is 1. The quantitative estimate of drug-likeness (QED) is 0.104. The Bertz CT molecular complexity index is 2520. The van der Waals surface area contributed by atoms with Crippen LogP contribution in [0.25, 0.3) is 22.3 Å². The summed E-state index contributed by atoms with van der Waals surface area (Å²) in [6.07, 6.45) is 0.796. The molecule has 0 spiro atoms. The van der Waals surface area contributed by atoms with E-state index in [4.69, 9.17) is 15.2 Å². The zero-order valence-electron chi connectivity index (χ0n) is 30.4. The summed E-state index contributed by atoms with van der Waals surface area (Å²) in [5.74, 6) is 1.35. The number of aryl methyl sites for hydroxylation is 3. The third kappa shape index (κ3) is 5.96. The Labute approximate surface area is 314 Å². The van der Waals surface area contributed by atoms with E-state index >= 15 is 0 Å². The maximum Gasteiger partial charge on any atom is 0.194 e. The molecule has 8 heteroatoms. The molecule has 0 N–H and O–H groups in total. The van der Waals surface area contributed by atoms with Crippen LogP contribution in [0.2, 0.25) is 0 Å². The van der Waals surface area contributed by atoms with E-state index in [1.807, 2.05) is 96.5 Å². The van der Waals surface area contributed by atoms with Crippen molar-refractivity contribution >= 4 is 22.3 Å². The van der Waals surface area contributed by atoms with Gasteiger partial charge in [0.1, 0.15) is 28.5 Å². The Morgan fingerprint density at radius 3 is 1.76 bits per heavy atom. The molecule has 3 aromatic heterocycles. The number of nitriles is 1. The summed E-state index contributed by atoms with van der Waals surface area (Å²) in [6.45, 7) is 6.86. The van der Waals surface area contributed by atoms with Gasteiger partial charge in [-0.3, -0.25) is 0 Å². The van der Waals surface area contributed by atoms with Crippen LogP contribution in [0.1, 0.15) is 63.2 Å². The van der Waals surface area contributed by atoms with Gasteiger partial charge in [0.05, 0.1) is 6.54 Å². The number of hydrogen-bond acceptors (Lipinski definition) is 6. The van der Waals surface area contributed by atoms with Gasteiger partial charge in [0, 0.05) is 17.7 Å². The smallest absolute Gasteiger partial charge is 0.194 e. The van der Waals surface area contributed by atoms with E-state index in [-0.39, 0.29) is 0 Å². The minimum absolute atomic E-state index is 0.353. The molecular weight excluding hydrogens is 665 g/mol. The van der Waals surface area contributed by atoms with Crippen LogP contribution < -0.4 is 0 Å². The molecule has 0 radical (unpaired) electrons. The average molecular weight is 703 g/mol. The minimum atomic E-state index is -1.01. The van der Waals surface area contributed by atoms with E-state index in [1.54, 1.807) is 0 Å². The molecular formula is C46H38N8. The number of aromatic nitrogens is 7. The van der Waals surface area contributed by atoms with Gasteiger partial charge < -0.3 is 4.57 Å². The van der Waals surface area contributed by atoms with Gasteiger partial charge in [-0.25, -0.2) is 14.6 Å². The number of fused-ring (bicyclic) bond motifs is 1. The first-order valence-corrected chi connectivity index (χ1v) is 18.1. The van der Waals surface area contributed by atoms with Crippen molar-refractivity contribution in [2.75, 3.05) is 0 Å². The van der Waals surface area contributed by atoms with E-state index in [9.17, 15) is 5.26 Å². The van der Waals surface area contributed by atoms with Crippen LogP contribution in [0.15, 0.2) is 152 Å². The zero-order chi connectivity index (χ0) is 37.1. The molecule has 262 valence electrons. The van der Waals surface area contributed by atoms with Crippen molar-refractivity contribution in [3.05, 3.63) is 208 Å². The van der Waals surface area contributed by atoms with Crippen molar-refractivity contribution < 1.29 is 0 Å². The van der Waals surface area contributed by atoms with Crippen molar-refractivity contribution in [3.8, 4) is 6.07 Å². The van der Waals surface area contributed by atoms with Gasteiger partial charge in [0.25, 0.3) is 0 Å². The lowest BCUT2D eigenvalue weighted by atomic mass is 9.76. The predicted molar refractivity (Wildman–Crippen MR) is 212 cm³/mol. The van der Waals surface area contributed by atoms with Crippen LogP contribution in [0.5, 0.6) is 0 Å². The van der Waals surface area contributed by atoms with Gasteiger partial charge in [0.15, 0.2) is 11.5 Å². The molecule has 0 atom stereocenters. The van der Waals surface area contributed by atoms with Gasteiger partial charge in [-0.15, -0.1) is 5.10 Å². The van der Waals surface area contributed by atoms with Gasteiger partial charge >= 0.3 is 0 Å². The van der Waals surface area contributed by atoms with Crippen LogP contribution in [0.3, 0.4) is 0 Å². The standard InChI is InChI=1S/C46H38N8/c1-4-41-49-43-32(2)29-33(3)48-45(43)53(41)31-34-25-27-36(28-26-34)42(35-17-9-5-10-18-35)40(30-47)44-50-51-52-54(44)46(37-19-11-6-12-20-37,38-21-13-7-14-22-38)39-23-15-8-16-24-39/h5-29H,4,31H2,1-3H3/b42-40-. The lowest BCUT2D eigenvalue weighted by Gasteiger charge is -2.36. The number of hydrogen-bond donors (Lipinski definition) is 0. The molecule has 54 heavy (non-hydrogen) atoms. The normalized spacial score (nSPS) is 12.0. The van der Waals surface area contributed by atoms with Crippen LogP contribution >= 0.6 is 0 Å². The maximum atomic E-state index is 11.2. The molecule has 0 saturated heterocycles. The molecule has 0 aliphatic rings. The monoisotopic (exact) mass is 702 g/mol. The highest BCUT2D eigenvalue weighted by Gasteiger charge is 2.42. The Balaban J connectivity index is 1.32. The summed E-state index contributed by atoms with van der Waals surface area (Å²) in [5, 5.41) is 24.8. The molecule has 0 saturated carbocycles. The van der Waals surface area contributed by atoms with E-state index < -0.39 is 5.54 Å². The molecule has 8 rings (SSSR count). The first-order valence-electron chi connectivity index (χ1n) is 18.1. The Morgan fingerprint density at radius 1 is 0.685 bits per heavy atom. The van der Waals surface area contributed by atoms with Gasteiger partial charge in [0.2, 0.25) is 0 Å². The number of pyridine rings is 1. The SMILES string of the molecule is CCc1nc2c(C)cc(C)nc2n1Cc1ccc(/C(=C(/C#N)c2nnnn2C(c2ccccc2)(c2ccccc2)c2ccccc2)c2ccccc2)cc1. The predicted octanol–water partition coefficient (Wildman–Crippen LogP) is 8.97. The summed E-state index contributed by atoms with van der Waals surface area (Å²) in [4.78, 5) is 9.82. The summed E-state index contributed by atoms with van der Waals surface area (Å²) in [5.41, 5.74) is 9.74.